The standard InChI is InChI=1S/C11H12ClN3O2/c12-10-8-4-6-15(11(8)14-7-13-10)5-2-1-3-9(16)17/h4,6-7H,1-3,5H2,(H,16,17). The first-order chi connectivity index (χ1) is 8.18. The van der Waals surface area contributed by atoms with E-state index in [2.05, 4.69) is 9.97 Å². The highest BCUT2D eigenvalue weighted by Gasteiger charge is 2.06. The van der Waals surface area contributed by atoms with Gasteiger partial charge in [0, 0.05) is 19.2 Å². The normalized spacial score (nSPS) is 10.9. The zero-order valence-electron chi connectivity index (χ0n) is 9.14. The maximum absolute atomic E-state index is 10.4. The number of unbranched alkanes of at least 4 members (excludes halogenated alkanes) is 1. The fraction of sp³-hybridized carbons (Fsp3) is 0.364. The van der Waals surface area contributed by atoms with Gasteiger partial charge in [-0.05, 0) is 18.9 Å². The van der Waals surface area contributed by atoms with Crippen LogP contribution in [-0.4, -0.2) is 25.6 Å². The molecule has 2 aromatic rings. The van der Waals surface area contributed by atoms with Crippen LogP contribution in [0.1, 0.15) is 19.3 Å². The molecule has 0 fully saturated rings. The Balaban J connectivity index is 2.04. The second kappa shape index (κ2) is 5.14. The third-order valence-electron chi connectivity index (χ3n) is 2.55. The lowest BCUT2D eigenvalue weighted by Gasteiger charge is -2.03. The Morgan fingerprint density at radius 1 is 1.41 bits per heavy atom. The van der Waals surface area contributed by atoms with Gasteiger partial charge in [0.2, 0.25) is 0 Å². The molecule has 2 aromatic heterocycles. The molecule has 2 rings (SSSR count). The highest BCUT2D eigenvalue weighted by atomic mass is 35.5. The Kier molecular flexibility index (Phi) is 3.58. The van der Waals surface area contributed by atoms with Crippen LogP contribution in [0.25, 0.3) is 11.0 Å². The molecule has 0 radical (unpaired) electrons. The summed E-state index contributed by atoms with van der Waals surface area (Å²) in [5.74, 6) is -0.757. The van der Waals surface area contributed by atoms with Gasteiger partial charge in [-0.25, -0.2) is 9.97 Å². The summed E-state index contributed by atoms with van der Waals surface area (Å²) >= 11 is 5.93. The second-order valence-electron chi connectivity index (χ2n) is 3.76. The van der Waals surface area contributed by atoms with Crippen molar-refractivity contribution in [1.29, 1.82) is 0 Å². The van der Waals surface area contributed by atoms with Gasteiger partial charge in [-0.3, -0.25) is 4.79 Å². The number of fused-ring (bicyclic) bond motifs is 1. The predicted molar refractivity (Wildman–Crippen MR) is 64.0 cm³/mol. The van der Waals surface area contributed by atoms with Crippen LogP contribution in [-0.2, 0) is 11.3 Å². The van der Waals surface area contributed by atoms with Crippen LogP contribution >= 0.6 is 11.6 Å². The highest BCUT2D eigenvalue weighted by Crippen LogP contribution is 2.20. The van der Waals surface area contributed by atoms with Crippen LogP contribution in [0.15, 0.2) is 18.6 Å². The molecular formula is C11H12ClN3O2. The number of nitrogens with zero attached hydrogens (tertiary/aromatic N) is 3. The number of aryl methyl sites for hydroxylation is 1. The van der Waals surface area contributed by atoms with Crippen LogP contribution in [0.2, 0.25) is 5.15 Å². The molecule has 2 heterocycles. The van der Waals surface area contributed by atoms with E-state index in [9.17, 15) is 4.79 Å². The Labute approximate surface area is 103 Å². The van der Waals surface area contributed by atoms with Crippen molar-refractivity contribution in [3.63, 3.8) is 0 Å². The monoisotopic (exact) mass is 253 g/mol. The van der Waals surface area contributed by atoms with Crippen molar-refractivity contribution in [2.75, 3.05) is 0 Å². The van der Waals surface area contributed by atoms with Crippen molar-refractivity contribution in [2.45, 2.75) is 25.8 Å². The molecule has 0 spiro atoms. The molecule has 5 nitrogen and oxygen atoms in total. The summed E-state index contributed by atoms with van der Waals surface area (Å²) in [5, 5.41) is 9.80. The summed E-state index contributed by atoms with van der Waals surface area (Å²) in [6.07, 6.45) is 4.99. The zero-order valence-corrected chi connectivity index (χ0v) is 9.89. The second-order valence-corrected chi connectivity index (χ2v) is 4.12. The number of aliphatic carboxylic acids is 1. The smallest absolute Gasteiger partial charge is 0.303 e. The lowest BCUT2D eigenvalue weighted by Crippen LogP contribution is -2.00. The van der Waals surface area contributed by atoms with Crippen LogP contribution in [0.3, 0.4) is 0 Å². The lowest BCUT2D eigenvalue weighted by atomic mass is 10.2. The molecule has 0 aromatic carbocycles. The highest BCUT2D eigenvalue weighted by molar-refractivity contribution is 6.33. The summed E-state index contributed by atoms with van der Waals surface area (Å²) < 4.78 is 1.96. The minimum absolute atomic E-state index is 0.203. The van der Waals surface area contributed by atoms with Gasteiger partial charge in [0.15, 0.2) is 0 Å². The summed E-state index contributed by atoms with van der Waals surface area (Å²) in [7, 11) is 0. The van der Waals surface area contributed by atoms with E-state index in [1.54, 1.807) is 0 Å². The van der Waals surface area contributed by atoms with E-state index in [1.807, 2.05) is 16.8 Å². The average Bonchev–Trinajstić information content (AvgIpc) is 2.69. The number of hydrogen-bond donors (Lipinski definition) is 1. The maximum Gasteiger partial charge on any atom is 0.303 e. The molecule has 0 aliphatic carbocycles. The minimum atomic E-state index is -0.757. The number of carboxylic acids is 1. The largest absolute Gasteiger partial charge is 0.481 e. The van der Waals surface area contributed by atoms with Gasteiger partial charge in [0.1, 0.15) is 17.1 Å². The molecule has 0 saturated heterocycles. The van der Waals surface area contributed by atoms with Crippen molar-refractivity contribution in [2.24, 2.45) is 0 Å². The van der Waals surface area contributed by atoms with Gasteiger partial charge in [0.25, 0.3) is 0 Å². The summed E-state index contributed by atoms with van der Waals surface area (Å²) in [4.78, 5) is 18.4. The van der Waals surface area contributed by atoms with Crippen LogP contribution in [0.5, 0.6) is 0 Å². The number of carbonyl (C=O) groups is 1. The van der Waals surface area contributed by atoms with E-state index >= 15 is 0 Å². The first-order valence-corrected chi connectivity index (χ1v) is 5.73. The fourth-order valence-corrected chi connectivity index (χ4v) is 1.90. The van der Waals surface area contributed by atoms with Crippen molar-refractivity contribution < 1.29 is 9.90 Å². The number of aromatic nitrogens is 3. The molecule has 0 aliphatic rings. The Morgan fingerprint density at radius 3 is 3.00 bits per heavy atom. The van der Waals surface area contributed by atoms with Crippen LogP contribution in [0.4, 0.5) is 0 Å². The van der Waals surface area contributed by atoms with Gasteiger partial charge in [-0.15, -0.1) is 0 Å². The molecule has 0 atom stereocenters. The first-order valence-electron chi connectivity index (χ1n) is 5.35. The molecule has 6 heteroatoms. The molecule has 0 aliphatic heterocycles. The van der Waals surface area contributed by atoms with Gasteiger partial charge >= 0.3 is 5.97 Å². The fourth-order valence-electron chi connectivity index (χ4n) is 1.71. The first kappa shape index (κ1) is 11.9. The van der Waals surface area contributed by atoms with E-state index in [0.29, 0.717) is 11.6 Å². The molecule has 0 bridgehead atoms. The van der Waals surface area contributed by atoms with E-state index in [-0.39, 0.29) is 6.42 Å². The third kappa shape index (κ3) is 2.74. The van der Waals surface area contributed by atoms with Gasteiger partial charge in [0.05, 0.1) is 5.39 Å². The number of halogens is 1. The summed E-state index contributed by atoms with van der Waals surface area (Å²) in [6, 6.07) is 1.87. The van der Waals surface area contributed by atoms with Crippen molar-refractivity contribution in [3.8, 4) is 0 Å². The van der Waals surface area contributed by atoms with Gasteiger partial charge in [-0.2, -0.15) is 0 Å². The van der Waals surface area contributed by atoms with E-state index in [1.165, 1.54) is 6.33 Å². The average molecular weight is 254 g/mol. The zero-order chi connectivity index (χ0) is 12.3. The van der Waals surface area contributed by atoms with Crippen molar-refractivity contribution >= 4 is 28.6 Å². The molecule has 1 N–H and O–H groups in total. The van der Waals surface area contributed by atoms with E-state index in [4.69, 9.17) is 16.7 Å². The van der Waals surface area contributed by atoms with Gasteiger partial charge in [-0.1, -0.05) is 11.6 Å². The number of rotatable bonds is 5. The van der Waals surface area contributed by atoms with Crippen LogP contribution < -0.4 is 0 Å². The molecular weight excluding hydrogens is 242 g/mol. The molecule has 90 valence electrons. The lowest BCUT2D eigenvalue weighted by molar-refractivity contribution is -0.137. The Morgan fingerprint density at radius 2 is 2.24 bits per heavy atom. The summed E-state index contributed by atoms with van der Waals surface area (Å²) in [5.41, 5.74) is 0.792. The van der Waals surface area contributed by atoms with E-state index in [0.717, 1.165) is 24.0 Å². The molecule has 17 heavy (non-hydrogen) atoms. The third-order valence-corrected chi connectivity index (χ3v) is 2.85. The quantitative estimate of drug-likeness (QED) is 0.656. The molecule has 0 amide bonds. The Hall–Kier alpha value is -1.62. The van der Waals surface area contributed by atoms with Crippen molar-refractivity contribution in [1.82, 2.24) is 14.5 Å². The molecule has 0 saturated carbocycles. The Bertz CT molecular complexity index is 538. The maximum atomic E-state index is 10.4. The van der Waals surface area contributed by atoms with Gasteiger partial charge < -0.3 is 9.67 Å². The van der Waals surface area contributed by atoms with E-state index < -0.39 is 5.97 Å². The molecule has 0 unspecified atom stereocenters. The number of hydrogen-bond acceptors (Lipinski definition) is 3. The van der Waals surface area contributed by atoms with Crippen molar-refractivity contribution in [3.05, 3.63) is 23.7 Å². The number of carboxylic acid groups (broad SMARTS) is 1. The topological polar surface area (TPSA) is 68.0 Å². The predicted octanol–water partition coefficient (Wildman–Crippen LogP) is 2.34. The van der Waals surface area contributed by atoms with Crippen LogP contribution in [0, 0.1) is 0 Å². The minimum Gasteiger partial charge on any atom is -0.481 e. The SMILES string of the molecule is O=C(O)CCCCn1ccc2c(Cl)ncnc21. The summed E-state index contributed by atoms with van der Waals surface area (Å²) in [6.45, 7) is 0.740.